The van der Waals surface area contributed by atoms with Crippen molar-refractivity contribution in [2.24, 2.45) is 0 Å². The zero-order valence-corrected chi connectivity index (χ0v) is 20.4. The van der Waals surface area contributed by atoms with E-state index in [1.54, 1.807) is 0 Å². The minimum absolute atomic E-state index is 0.0252. The molecule has 2 atom stereocenters. The molecule has 1 amide bonds. The number of amides is 1. The number of rotatable bonds is 7. The highest BCUT2D eigenvalue weighted by Crippen LogP contribution is 2.30. The Morgan fingerprint density at radius 2 is 2.16 bits per heavy atom. The van der Waals surface area contributed by atoms with Crippen LogP contribution in [0.2, 0.25) is 0 Å². The molecule has 176 valence electrons. The van der Waals surface area contributed by atoms with E-state index in [0.717, 1.165) is 53.6 Å². The Balaban J connectivity index is 1.78. The summed E-state index contributed by atoms with van der Waals surface area (Å²) in [6.07, 6.45) is 2.80. The van der Waals surface area contributed by atoms with Crippen LogP contribution in [0.15, 0.2) is 24.8 Å². The van der Waals surface area contributed by atoms with E-state index in [0.29, 0.717) is 13.2 Å². The second kappa shape index (κ2) is 10.0. The number of aromatic nitrogens is 2. The van der Waals surface area contributed by atoms with Crippen molar-refractivity contribution < 1.29 is 14.3 Å². The second-order valence-corrected chi connectivity index (χ2v) is 9.96. The van der Waals surface area contributed by atoms with Crippen molar-refractivity contribution in [1.82, 2.24) is 20.0 Å². The highest BCUT2D eigenvalue weighted by molar-refractivity contribution is 5.85. The molecule has 32 heavy (non-hydrogen) atoms. The smallest absolute Gasteiger partial charge is 0.407 e. The van der Waals surface area contributed by atoms with E-state index in [1.807, 2.05) is 46.3 Å². The zero-order valence-electron chi connectivity index (χ0n) is 20.4. The predicted molar refractivity (Wildman–Crippen MR) is 128 cm³/mol. The standard InChI is InChI=1S/C25H38N4O3/c1-17(2)19-11-12-22-20(14-19)21(27-29(22)23-10-8-9-13-31-23)15-28(7)18(3)16-32-24(30)26-25(4,5)6/h11-12,14,18,23H,1,8-10,13,15-16H2,2-7H3,(H,26,30). The van der Waals surface area contributed by atoms with Crippen molar-refractivity contribution in [2.45, 2.75) is 78.2 Å². The quantitative estimate of drug-likeness (QED) is 0.645. The average Bonchev–Trinajstić information content (AvgIpc) is 3.09. The van der Waals surface area contributed by atoms with Crippen molar-refractivity contribution in [3.63, 3.8) is 0 Å². The molecule has 1 N–H and O–H groups in total. The molecule has 0 radical (unpaired) electrons. The van der Waals surface area contributed by atoms with Crippen LogP contribution in [0.25, 0.3) is 16.5 Å². The SMILES string of the molecule is C=C(C)c1ccc2c(c1)c(CN(C)C(C)COC(=O)NC(C)(C)C)nn2C1CCCCO1. The minimum Gasteiger partial charge on any atom is -0.448 e. The van der Waals surface area contributed by atoms with Crippen LogP contribution < -0.4 is 5.32 Å². The molecule has 0 bridgehead atoms. The van der Waals surface area contributed by atoms with E-state index in [-0.39, 0.29) is 17.8 Å². The molecule has 0 spiro atoms. The van der Waals surface area contributed by atoms with Crippen LogP contribution in [-0.4, -0.2) is 52.6 Å². The van der Waals surface area contributed by atoms with E-state index in [1.165, 1.54) is 0 Å². The normalized spacial score (nSPS) is 18.0. The summed E-state index contributed by atoms with van der Waals surface area (Å²) in [7, 11) is 2.03. The second-order valence-electron chi connectivity index (χ2n) is 9.96. The Morgan fingerprint density at radius 1 is 1.41 bits per heavy atom. The number of hydrogen-bond donors (Lipinski definition) is 1. The lowest BCUT2D eigenvalue weighted by Crippen LogP contribution is -2.42. The predicted octanol–water partition coefficient (Wildman–Crippen LogP) is 5.11. The topological polar surface area (TPSA) is 68.6 Å². The molecule has 2 aromatic rings. The number of nitrogens with one attached hydrogen (secondary N) is 1. The summed E-state index contributed by atoms with van der Waals surface area (Å²) < 4.78 is 13.5. The number of alkyl carbamates (subject to hydrolysis) is 1. The molecule has 1 aromatic carbocycles. The Hall–Kier alpha value is -2.38. The van der Waals surface area contributed by atoms with E-state index < -0.39 is 6.09 Å². The third-order valence-corrected chi connectivity index (χ3v) is 5.79. The van der Waals surface area contributed by atoms with Crippen LogP contribution in [0.3, 0.4) is 0 Å². The summed E-state index contributed by atoms with van der Waals surface area (Å²) in [4.78, 5) is 14.2. The molecule has 0 saturated carbocycles. The lowest BCUT2D eigenvalue weighted by Gasteiger charge is -2.25. The molecule has 1 fully saturated rings. The molecule has 1 aliphatic rings. The van der Waals surface area contributed by atoms with Gasteiger partial charge in [0, 0.05) is 30.1 Å². The van der Waals surface area contributed by atoms with Gasteiger partial charge in [0.15, 0.2) is 6.23 Å². The highest BCUT2D eigenvalue weighted by atomic mass is 16.5. The van der Waals surface area contributed by atoms with Crippen LogP contribution >= 0.6 is 0 Å². The van der Waals surface area contributed by atoms with Crippen LogP contribution in [0.1, 0.15) is 71.4 Å². The van der Waals surface area contributed by atoms with Gasteiger partial charge < -0.3 is 14.8 Å². The van der Waals surface area contributed by atoms with Gasteiger partial charge in [-0.1, -0.05) is 18.2 Å². The molecule has 1 saturated heterocycles. The van der Waals surface area contributed by atoms with Gasteiger partial charge in [0.2, 0.25) is 0 Å². The van der Waals surface area contributed by atoms with E-state index >= 15 is 0 Å². The molecule has 3 rings (SSSR count). The van der Waals surface area contributed by atoms with Crippen molar-refractivity contribution >= 4 is 22.6 Å². The first-order valence-corrected chi connectivity index (χ1v) is 11.5. The summed E-state index contributed by atoms with van der Waals surface area (Å²) in [5.41, 5.74) is 3.89. The maximum absolute atomic E-state index is 12.0. The Bertz CT molecular complexity index is 954. The van der Waals surface area contributed by atoms with Crippen molar-refractivity contribution in [1.29, 1.82) is 0 Å². The van der Waals surface area contributed by atoms with Crippen LogP contribution in [0.5, 0.6) is 0 Å². The third-order valence-electron chi connectivity index (χ3n) is 5.79. The summed E-state index contributed by atoms with van der Waals surface area (Å²) >= 11 is 0. The number of ether oxygens (including phenoxy) is 2. The molecular weight excluding hydrogens is 404 g/mol. The fourth-order valence-electron chi connectivity index (χ4n) is 3.78. The van der Waals surface area contributed by atoms with Gasteiger partial charge in [-0.05, 0) is 78.6 Å². The largest absolute Gasteiger partial charge is 0.448 e. The lowest BCUT2D eigenvalue weighted by atomic mass is 10.1. The Kier molecular flexibility index (Phi) is 7.62. The molecule has 0 aliphatic carbocycles. The van der Waals surface area contributed by atoms with Crippen molar-refractivity contribution in [2.75, 3.05) is 20.3 Å². The van der Waals surface area contributed by atoms with E-state index in [2.05, 4.69) is 35.0 Å². The molecule has 1 aliphatic heterocycles. The summed E-state index contributed by atoms with van der Waals surface area (Å²) in [6.45, 7) is 15.7. The maximum Gasteiger partial charge on any atom is 0.407 e. The first-order valence-electron chi connectivity index (χ1n) is 11.5. The summed E-state index contributed by atoms with van der Waals surface area (Å²) in [6, 6.07) is 6.43. The number of fused-ring (bicyclic) bond motifs is 1. The number of likely N-dealkylation sites (N-methyl/N-ethyl adjacent to an activating group) is 1. The molecule has 2 unspecified atom stereocenters. The third kappa shape index (κ3) is 6.11. The number of carbonyl (C=O) groups excluding carboxylic acids is 1. The van der Waals surface area contributed by atoms with E-state index in [9.17, 15) is 4.79 Å². The van der Waals surface area contributed by atoms with Gasteiger partial charge in [-0.15, -0.1) is 0 Å². The van der Waals surface area contributed by atoms with Gasteiger partial charge in [-0.3, -0.25) is 4.90 Å². The monoisotopic (exact) mass is 442 g/mol. The fourth-order valence-corrected chi connectivity index (χ4v) is 3.78. The van der Waals surface area contributed by atoms with Crippen molar-refractivity contribution in [3.05, 3.63) is 36.0 Å². The molecule has 7 nitrogen and oxygen atoms in total. The van der Waals surface area contributed by atoms with Crippen molar-refractivity contribution in [3.8, 4) is 0 Å². The van der Waals surface area contributed by atoms with Gasteiger partial charge in [-0.2, -0.15) is 5.10 Å². The fraction of sp³-hybridized carbons (Fsp3) is 0.600. The zero-order chi connectivity index (χ0) is 23.5. The van der Waals surface area contributed by atoms with Gasteiger partial charge >= 0.3 is 6.09 Å². The number of nitrogens with zero attached hydrogens (tertiary/aromatic N) is 3. The average molecular weight is 443 g/mol. The maximum atomic E-state index is 12.0. The first kappa shape index (κ1) is 24.3. The Morgan fingerprint density at radius 3 is 2.78 bits per heavy atom. The van der Waals surface area contributed by atoms with E-state index in [4.69, 9.17) is 14.6 Å². The van der Waals surface area contributed by atoms with Crippen LogP contribution in [0.4, 0.5) is 4.79 Å². The molecule has 2 heterocycles. The number of hydrogen-bond acceptors (Lipinski definition) is 5. The molecular formula is C25H38N4O3. The highest BCUT2D eigenvalue weighted by Gasteiger charge is 2.23. The number of carbonyl (C=O) groups is 1. The first-order chi connectivity index (χ1) is 15.0. The lowest BCUT2D eigenvalue weighted by molar-refractivity contribution is -0.0370. The minimum atomic E-state index is -0.395. The van der Waals surface area contributed by atoms with Gasteiger partial charge in [0.1, 0.15) is 6.61 Å². The summed E-state index contributed by atoms with van der Waals surface area (Å²) in [5.74, 6) is 0. The van der Waals surface area contributed by atoms with Gasteiger partial charge in [0.05, 0.1) is 11.2 Å². The number of benzene rings is 1. The Labute approximate surface area is 191 Å². The molecule has 1 aromatic heterocycles. The van der Waals surface area contributed by atoms with Crippen LogP contribution in [-0.2, 0) is 16.0 Å². The van der Waals surface area contributed by atoms with Gasteiger partial charge in [-0.25, -0.2) is 9.48 Å². The van der Waals surface area contributed by atoms with Gasteiger partial charge in [0.25, 0.3) is 0 Å². The summed E-state index contributed by atoms with van der Waals surface area (Å²) in [5, 5.41) is 8.92. The molecule has 7 heteroatoms. The number of allylic oxidation sites excluding steroid dienone is 1. The van der Waals surface area contributed by atoms with Crippen LogP contribution in [0, 0.1) is 0 Å².